The fourth-order valence-electron chi connectivity index (χ4n) is 3.10. The molecule has 128 valence electrons. The molecule has 0 spiro atoms. The molecule has 1 aliphatic heterocycles. The molecule has 3 heterocycles. The van der Waals surface area contributed by atoms with Gasteiger partial charge in [-0.1, -0.05) is 18.2 Å². The molecule has 0 unspecified atom stereocenters. The average molecular weight is 337 g/mol. The fraction of sp³-hybridized carbons (Fsp3) is 0.294. The Balaban J connectivity index is 1.46. The Bertz CT molecular complexity index is 884. The number of amides is 2. The van der Waals surface area contributed by atoms with Crippen LogP contribution in [0.15, 0.2) is 42.7 Å². The van der Waals surface area contributed by atoms with Gasteiger partial charge < -0.3 is 5.32 Å². The molecular weight excluding hydrogens is 318 g/mol. The summed E-state index contributed by atoms with van der Waals surface area (Å²) >= 11 is 0. The Kier molecular flexibility index (Phi) is 3.93. The number of para-hydroxylation sites is 1. The summed E-state index contributed by atoms with van der Waals surface area (Å²) in [7, 11) is 0. The number of rotatable bonds is 3. The van der Waals surface area contributed by atoms with Crippen LogP contribution in [0.25, 0.3) is 5.69 Å². The molecule has 8 heteroatoms. The Morgan fingerprint density at radius 2 is 2.12 bits per heavy atom. The van der Waals surface area contributed by atoms with Gasteiger partial charge in [-0.05, 0) is 31.9 Å². The molecule has 1 atom stereocenters. The lowest BCUT2D eigenvalue weighted by Gasteiger charge is -2.22. The zero-order valence-corrected chi connectivity index (χ0v) is 13.9. The number of hydrogen-bond acceptors (Lipinski definition) is 4. The number of nitrogens with zero attached hydrogens (tertiary/aromatic N) is 5. The number of anilines is 1. The Morgan fingerprint density at radius 1 is 1.28 bits per heavy atom. The SMILES string of the molecule is Cc1cc(NC(=O)N[C@H]2CCCn3ncnc32)nn1-c1ccccc1. The number of nitrogens with one attached hydrogen (secondary N) is 2. The highest BCUT2D eigenvalue weighted by atomic mass is 16.2. The summed E-state index contributed by atoms with van der Waals surface area (Å²) in [5.74, 6) is 1.31. The predicted molar refractivity (Wildman–Crippen MR) is 92.5 cm³/mol. The normalized spacial score (nSPS) is 16.3. The quantitative estimate of drug-likeness (QED) is 0.768. The standard InChI is InChI=1S/C17H19N7O/c1-12-10-15(22-24(12)13-6-3-2-4-7-13)21-17(25)20-14-8-5-9-23-16(14)18-11-19-23/h2-4,6-7,10-11,14H,5,8-9H2,1H3,(H2,20,21,22,25)/t14-/m0/s1. The Labute approximate surface area is 144 Å². The van der Waals surface area contributed by atoms with Gasteiger partial charge in [0.25, 0.3) is 0 Å². The van der Waals surface area contributed by atoms with Crippen molar-refractivity contribution in [1.29, 1.82) is 0 Å². The highest BCUT2D eigenvalue weighted by Crippen LogP contribution is 2.22. The lowest BCUT2D eigenvalue weighted by molar-refractivity contribution is 0.244. The van der Waals surface area contributed by atoms with Gasteiger partial charge in [0.1, 0.15) is 12.2 Å². The van der Waals surface area contributed by atoms with Gasteiger partial charge in [0, 0.05) is 18.3 Å². The third-order valence-corrected chi connectivity index (χ3v) is 4.25. The molecule has 0 aliphatic carbocycles. The summed E-state index contributed by atoms with van der Waals surface area (Å²) in [6.45, 7) is 2.79. The largest absolute Gasteiger partial charge is 0.328 e. The van der Waals surface area contributed by atoms with Gasteiger partial charge in [-0.15, -0.1) is 5.10 Å². The van der Waals surface area contributed by atoms with Gasteiger partial charge in [0.2, 0.25) is 0 Å². The molecular formula is C17H19N7O. The first-order valence-electron chi connectivity index (χ1n) is 8.28. The van der Waals surface area contributed by atoms with Crippen LogP contribution >= 0.6 is 0 Å². The van der Waals surface area contributed by atoms with Crippen LogP contribution in [0.2, 0.25) is 0 Å². The van der Waals surface area contributed by atoms with E-state index in [1.54, 1.807) is 4.68 Å². The van der Waals surface area contributed by atoms with E-state index in [9.17, 15) is 4.79 Å². The molecule has 1 aliphatic rings. The van der Waals surface area contributed by atoms with E-state index in [1.807, 2.05) is 48.0 Å². The number of carbonyl (C=O) groups is 1. The first kappa shape index (κ1) is 15.4. The van der Waals surface area contributed by atoms with Crippen molar-refractivity contribution in [3.63, 3.8) is 0 Å². The molecule has 0 bridgehead atoms. The van der Waals surface area contributed by atoms with Crippen molar-refractivity contribution in [2.24, 2.45) is 0 Å². The van der Waals surface area contributed by atoms with E-state index in [4.69, 9.17) is 0 Å². The molecule has 0 saturated carbocycles. The Morgan fingerprint density at radius 3 is 2.96 bits per heavy atom. The maximum absolute atomic E-state index is 12.3. The van der Waals surface area contributed by atoms with Crippen molar-refractivity contribution >= 4 is 11.8 Å². The van der Waals surface area contributed by atoms with Crippen LogP contribution in [0, 0.1) is 6.92 Å². The summed E-state index contributed by atoms with van der Waals surface area (Å²) in [5, 5.41) is 14.4. The van der Waals surface area contributed by atoms with Crippen LogP contribution < -0.4 is 10.6 Å². The predicted octanol–water partition coefficient (Wildman–Crippen LogP) is 2.43. The van der Waals surface area contributed by atoms with E-state index in [1.165, 1.54) is 6.33 Å². The van der Waals surface area contributed by atoms with E-state index >= 15 is 0 Å². The second-order valence-corrected chi connectivity index (χ2v) is 6.05. The van der Waals surface area contributed by atoms with Crippen molar-refractivity contribution in [2.45, 2.75) is 32.4 Å². The molecule has 2 amide bonds. The average Bonchev–Trinajstić information content (AvgIpc) is 3.23. The molecule has 0 fully saturated rings. The van der Waals surface area contributed by atoms with Crippen LogP contribution in [-0.2, 0) is 6.54 Å². The molecule has 8 nitrogen and oxygen atoms in total. The van der Waals surface area contributed by atoms with Gasteiger partial charge >= 0.3 is 6.03 Å². The third-order valence-electron chi connectivity index (χ3n) is 4.25. The van der Waals surface area contributed by atoms with E-state index in [-0.39, 0.29) is 12.1 Å². The summed E-state index contributed by atoms with van der Waals surface area (Å²) in [5.41, 5.74) is 1.90. The van der Waals surface area contributed by atoms with Crippen LogP contribution in [0.5, 0.6) is 0 Å². The molecule has 2 aromatic heterocycles. The van der Waals surface area contributed by atoms with Gasteiger partial charge in [-0.3, -0.25) is 5.32 Å². The highest BCUT2D eigenvalue weighted by molar-refractivity contribution is 5.88. The lowest BCUT2D eigenvalue weighted by Crippen LogP contribution is -2.36. The summed E-state index contributed by atoms with van der Waals surface area (Å²) in [4.78, 5) is 16.6. The number of aromatic nitrogens is 5. The number of urea groups is 1. The van der Waals surface area contributed by atoms with Crippen LogP contribution in [-0.4, -0.2) is 30.6 Å². The first-order chi connectivity index (χ1) is 12.2. The van der Waals surface area contributed by atoms with Crippen molar-refractivity contribution in [2.75, 3.05) is 5.32 Å². The second kappa shape index (κ2) is 6.39. The minimum Gasteiger partial charge on any atom is -0.328 e. The van der Waals surface area contributed by atoms with E-state index < -0.39 is 0 Å². The maximum atomic E-state index is 12.3. The van der Waals surface area contributed by atoms with Crippen LogP contribution in [0.4, 0.5) is 10.6 Å². The van der Waals surface area contributed by atoms with E-state index in [0.717, 1.165) is 36.6 Å². The molecule has 3 aromatic rings. The van der Waals surface area contributed by atoms with Crippen LogP contribution in [0.3, 0.4) is 0 Å². The lowest BCUT2D eigenvalue weighted by atomic mass is 10.1. The second-order valence-electron chi connectivity index (χ2n) is 6.05. The zero-order chi connectivity index (χ0) is 17.2. The van der Waals surface area contributed by atoms with Crippen molar-refractivity contribution in [3.8, 4) is 5.69 Å². The molecule has 4 rings (SSSR count). The van der Waals surface area contributed by atoms with Gasteiger partial charge in [-0.2, -0.15) is 5.10 Å². The number of fused-ring (bicyclic) bond motifs is 1. The number of carbonyl (C=O) groups excluding carboxylic acids is 1. The van der Waals surface area contributed by atoms with Gasteiger partial charge in [-0.25, -0.2) is 19.1 Å². The first-order valence-corrected chi connectivity index (χ1v) is 8.28. The van der Waals surface area contributed by atoms with Crippen molar-refractivity contribution in [1.82, 2.24) is 29.9 Å². The van der Waals surface area contributed by atoms with Gasteiger partial charge in [0.15, 0.2) is 5.82 Å². The summed E-state index contributed by atoms with van der Waals surface area (Å²) in [6, 6.07) is 11.2. The molecule has 0 radical (unpaired) electrons. The summed E-state index contributed by atoms with van der Waals surface area (Å²) in [6.07, 6.45) is 3.34. The topological polar surface area (TPSA) is 89.7 Å². The van der Waals surface area contributed by atoms with Crippen molar-refractivity contribution in [3.05, 3.63) is 54.2 Å². The minimum absolute atomic E-state index is 0.131. The smallest absolute Gasteiger partial charge is 0.321 e. The molecule has 0 saturated heterocycles. The summed E-state index contributed by atoms with van der Waals surface area (Å²) < 4.78 is 3.63. The highest BCUT2D eigenvalue weighted by Gasteiger charge is 2.24. The third kappa shape index (κ3) is 3.10. The molecule has 2 N–H and O–H groups in total. The van der Waals surface area contributed by atoms with E-state index in [2.05, 4.69) is 25.8 Å². The zero-order valence-electron chi connectivity index (χ0n) is 13.9. The number of aryl methyl sites for hydroxylation is 2. The maximum Gasteiger partial charge on any atom is 0.321 e. The van der Waals surface area contributed by atoms with Crippen molar-refractivity contribution < 1.29 is 4.79 Å². The molecule has 25 heavy (non-hydrogen) atoms. The van der Waals surface area contributed by atoms with Gasteiger partial charge in [0.05, 0.1) is 11.7 Å². The number of benzene rings is 1. The monoisotopic (exact) mass is 337 g/mol. The Hall–Kier alpha value is -3.16. The van der Waals surface area contributed by atoms with E-state index in [0.29, 0.717) is 5.82 Å². The minimum atomic E-state index is -0.292. The fourth-order valence-corrected chi connectivity index (χ4v) is 3.10. The number of hydrogen-bond donors (Lipinski definition) is 2. The molecule has 1 aromatic carbocycles. The van der Waals surface area contributed by atoms with Crippen LogP contribution in [0.1, 0.15) is 30.4 Å².